The molecule has 0 aliphatic rings. The minimum Gasteiger partial charge on any atom is -0.481 e. The number of hydrogen-bond donors (Lipinski definition) is 4. The van der Waals surface area contributed by atoms with Crippen molar-refractivity contribution in [3.8, 4) is 0 Å². The van der Waals surface area contributed by atoms with Gasteiger partial charge in [-0.2, -0.15) is 11.8 Å². The molecule has 0 rings (SSSR count). The Morgan fingerprint density at radius 2 is 1.40 bits per heavy atom. The van der Waals surface area contributed by atoms with E-state index in [1.165, 1.54) is 0 Å². The van der Waals surface area contributed by atoms with Gasteiger partial charge in [0.05, 0.1) is 18.8 Å². The van der Waals surface area contributed by atoms with E-state index in [1.807, 2.05) is 0 Å². The van der Waals surface area contributed by atoms with Crippen molar-refractivity contribution in [3.63, 3.8) is 0 Å². The van der Waals surface area contributed by atoms with E-state index in [9.17, 15) is 19.2 Å². The first-order valence-electron chi connectivity index (χ1n) is 5.44. The van der Waals surface area contributed by atoms with Gasteiger partial charge in [0.25, 0.3) is 0 Å². The Morgan fingerprint density at radius 1 is 0.900 bits per heavy atom. The van der Waals surface area contributed by atoms with Crippen LogP contribution in [0.2, 0.25) is 0 Å². The average Bonchev–Trinajstić information content (AvgIpc) is 2.25. The zero-order chi connectivity index (χ0) is 15.7. The number of rotatable bonds is 11. The molecule has 0 saturated carbocycles. The maximum atomic E-state index is 11.1. The molecule has 0 aromatic carbocycles. The minimum absolute atomic E-state index is 0.0478. The van der Waals surface area contributed by atoms with Crippen molar-refractivity contribution >= 4 is 35.6 Å². The van der Waals surface area contributed by atoms with Crippen LogP contribution in [-0.4, -0.2) is 79.8 Å². The fourth-order valence-electron chi connectivity index (χ4n) is 1.44. The van der Waals surface area contributed by atoms with Gasteiger partial charge in [0, 0.05) is 0 Å². The van der Waals surface area contributed by atoms with E-state index in [-0.39, 0.29) is 17.9 Å². The predicted molar refractivity (Wildman–Crippen MR) is 67.8 cm³/mol. The quantitative estimate of drug-likeness (QED) is 0.354. The molecule has 9 nitrogen and oxygen atoms in total. The molecule has 1 unspecified atom stereocenters. The Hall–Kier alpha value is -1.81. The third-order valence-corrected chi connectivity index (χ3v) is 3.14. The molecule has 0 amide bonds. The summed E-state index contributed by atoms with van der Waals surface area (Å²) < 4.78 is 0. The third kappa shape index (κ3) is 8.32. The minimum atomic E-state index is -1.34. The molecular weight excluding hydrogens is 294 g/mol. The van der Waals surface area contributed by atoms with Gasteiger partial charge in [0.2, 0.25) is 0 Å². The lowest BCUT2D eigenvalue weighted by Crippen LogP contribution is -2.46. The number of thioether (sulfide) groups is 1. The summed E-state index contributed by atoms with van der Waals surface area (Å²) in [5.74, 6) is -5.10. The molecular formula is C10H15NO8S. The Morgan fingerprint density at radius 3 is 1.75 bits per heavy atom. The highest BCUT2D eigenvalue weighted by molar-refractivity contribution is 7.99. The van der Waals surface area contributed by atoms with E-state index < -0.39 is 43.0 Å². The van der Waals surface area contributed by atoms with Gasteiger partial charge in [-0.15, -0.1) is 0 Å². The molecule has 1 atom stereocenters. The van der Waals surface area contributed by atoms with Gasteiger partial charge >= 0.3 is 23.9 Å². The van der Waals surface area contributed by atoms with Crippen molar-refractivity contribution < 1.29 is 39.6 Å². The molecule has 20 heavy (non-hydrogen) atoms. The van der Waals surface area contributed by atoms with Gasteiger partial charge in [-0.05, 0) is 12.2 Å². The molecule has 10 heteroatoms. The first-order chi connectivity index (χ1) is 9.23. The van der Waals surface area contributed by atoms with Gasteiger partial charge in [0.15, 0.2) is 0 Å². The first kappa shape index (κ1) is 18.2. The fourth-order valence-corrected chi connectivity index (χ4v) is 2.15. The van der Waals surface area contributed by atoms with E-state index in [4.69, 9.17) is 20.4 Å². The number of nitrogens with zero attached hydrogens (tertiary/aromatic N) is 1. The summed E-state index contributed by atoms with van der Waals surface area (Å²) in [5.41, 5.74) is 0. The normalized spacial score (nSPS) is 12.1. The van der Waals surface area contributed by atoms with Crippen LogP contribution in [0.1, 0.15) is 6.42 Å². The van der Waals surface area contributed by atoms with Crippen LogP contribution in [-0.2, 0) is 19.2 Å². The van der Waals surface area contributed by atoms with Crippen molar-refractivity contribution in [2.24, 2.45) is 0 Å². The van der Waals surface area contributed by atoms with Gasteiger partial charge in [0.1, 0.15) is 6.04 Å². The molecule has 0 aliphatic carbocycles. The second-order valence-corrected chi connectivity index (χ2v) is 4.89. The van der Waals surface area contributed by atoms with Crippen LogP contribution in [0.15, 0.2) is 0 Å². The summed E-state index contributed by atoms with van der Waals surface area (Å²) in [6.07, 6.45) is -0.0478. The number of aliphatic carboxylic acids is 4. The molecule has 114 valence electrons. The summed E-state index contributed by atoms with van der Waals surface area (Å²) in [7, 11) is 0. The highest BCUT2D eigenvalue weighted by Gasteiger charge is 2.28. The Bertz CT molecular complexity index is 369. The van der Waals surface area contributed by atoms with Crippen molar-refractivity contribution in [1.29, 1.82) is 0 Å². The second kappa shape index (κ2) is 9.15. The maximum Gasteiger partial charge on any atom is 0.320 e. The number of carboxylic acid groups (broad SMARTS) is 4. The van der Waals surface area contributed by atoms with Gasteiger partial charge in [-0.25, -0.2) is 0 Å². The smallest absolute Gasteiger partial charge is 0.320 e. The van der Waals surface area contributed by atoms with Crippen molar-refractivity contribution in [1.82, 2.24) is 4.90 Å². The lowest BCUT2D eigenvalue weighted by atomic mass is 10.2. The zero-order valence-corrected chi connectivity index (χ0v) is 11.2. The molecule has 0 spiro atoms. The van der Waals surface area contributed by atoms with E-state index in [0.29, 0.717) is 0 Å². The Balaban J connectivity index is 4.62. The highest BCUT2D eigenvalue weighted by Crippen LogP contribution is 2.11. The highest BCUT2D eigenvalue weighted by atomic mass is 32.2. The maximum absolute atomic E-state index is 11.1. The van der Waals surface area contributed by atoms with Gasteiger partial charge in [-0.3, -0.25) is 24.1 Å². The van der Waals surface area contributed by atoms with Crippen LogP contribution in [0.4, 0.5) is 0 Å². The van der Waals surface area contributed by atoms with Gasteiger partial charge < -0.3 is 20.4 Å². The lowest BCUT2D eigenvalue weighted by Gasteiger charge is -2.25. The molecule has 0 bridgehead atoms. The average molecular weight is 309 g/mol. The number of hydrogen-bond acceptors (Lipinski definition) is 6. The van der Waals surface area contributed by atoms with Crippen LogP contribution in [0.3, 0.4) is 0 Å². The monoisotopic (exact) mass is 309 g/mol. The SMILES string of the molecule is O=C(O)CSCCC(C(=O)O)N(CC(=O)O)CC(=O)O. The van der Waals surface area contributed by atoms with Crippen LogP contribution >= 0.6 is 11.8 Å². The molecule has 4 N–H and O–H groups in total. The van der Waals surface area contributed by atoms with Crippen molar-refractivity contribution in [2.45, 2.75) is 12.5 Å². The summed E-state index contributed by atoms with van der Waals surface area (Å²) in [6.45, 7) is -1.43. The van der Waals surface area contributed by atoms with E-state index in [2.05, 4.69) is 0 Å². The summed E-state index contributed by atoms with van der Waals surface area (Å²) >= 11 is 0.978. The van der Waals surface area contributed by atoms with Crippen LogP contribution in [0.25, 0.3) is 0 Å². The van der Waals surface area contributed by atoms with Crippen LogP contribution in [0.5, 0.6) is 0 Å². The predicted octanol–water partition coefficient (Wildman–Crippen LogP) is -0.881. The Kier molecular flexibility index (Phi) is 8.32. The molecule has 0 radical (unpaired) electrons. The summed E-state index contributed by atoms with van der Waals surface area (Å²) in [6, 6.07) is -1.29. The molecule has 0 aliphatic heterocycles. The molecule has 0 saturated heterocycles. The molecule has 0 fully saturated rings. The summed E-state index contributed by atoms with van der Waals surface area (Å²) in [5, 5.41) is 34.8. The van der Waals surface area contributed by atoms with Crippen LogP contribution < -0.4 is 0 Å². The largest absolute Gasteiger partial charge is 0.481 e. The van der Waals surface area contributed by atoms with E-state index in [1.54, 1.807) is 0 Å². The van der Waals surface area contributed by atoms with E-state index >= 15 is 0 Å². The standard InChI is InChI=1S/C10H15NO8S/c12-7(13)3-11(4-8(14)15)6(10(18)19)1-2-20-5-9(16)17/h6H,1-5H2,(H,12,13)(H,14,15)(H,16,17)(H,18,19). The molecule has 0 aromatic rings. The fraction of sp³-hybridized carbons (Fsp3) is 0.600. The number of carboxylic acids is 4. The first-order valence-corrected chi connectivity index (χ1v) is 6.59. The second-order valence-electron chi connectivity index (χ2n) is 3.78. The molecule has 0 aromatic heterocycles. The van der Waals surface area contributed by atoms with Crippen molar-refractivity contribution in [3.05, 3.63) is 0 Å². The third-order valence-electron chi connectivity index (χ3n) is 2.16. The van der Waals surface area contributed by atoms with Gasteiger partial charge in [-0.1, -0.05) is 0 Å². The summed E-state index contributed by atoms with van der Waals surface area (Å²) in [4.78, 5) is 43.4. The van der Waals surface area contributed by atoms with Crippen molar-refractivity contribution in [2.75, 3.05) is 24.6 Å². The Labute approximate surface area is 118 Å². The van der Waals surface area contributed by atoms with Crippen LogP contribution in [0, 0.1) is 0 Å². The molecule has 0 heterocycles. The number of carbonyl (C=O) groups is 4. The zero-order valence-electron chi connectivity index (χ0n) is 10.4. The lowest BCUT2D eigenvalue weighted by molar-refractivity contribution is -0.149. The topological polar surface area (TPSA) is 152 Å². The van der Waals surface area contributed by atoms with E-state index in [0.717, 1.165) is 16.7 Å².